The Morgan fingerprint density at radius 1 is 0.940 bits per heavy atom. The van der Waals surface area contributed by atoms with Crippen LogP contribution in [0.5, 0.6) is 0 Å². The molecule has 2 rings (SSSR count). The predicted molar refractivity (Wildman–Crippen MR) is 197 cm³/mol. The number of rotatable bonds is 21. The van der Waals surface area contributed by atoms with Gasteiger partial charge in [0.15, 0.2) is 11.6 Å². The van der Waals surface area contributed by atoms with Crippen LogP contribution >= 0.6 is 0 Å². The van der Waals surface area contributed by atoms with Crippen LogP contribution in [0.15, 0.2) is 36.0 Å². The van der Waals surface area contributed by atoms with E-state index in [1.807, 2.05) is 32.9 Å². The second kappa shape index (κ2) is 22.5. The number of aliphatic hydroxyl groups is 3. The molecule has 2 aliphatic heterocycles. The smallest absolute Gasteiger partial charge is 0.225 e. The van der Waals surface area contributed by atoms with Crippen LogP contribution in [0.3, 0.4) is 0 Å². The van der Waals surface area contributed by atoms with Crippen LogP contribution in [0.4, 0.5) is 0 Å². The zero-order valence-electron chi connectivity index (χ0n) is 31.9. The van der Waals surface area contributed by atoms with Crippen molar-refractivity contribution in [3.63, 3.8) is 0 Å². The van der Waals surface area contributed by atoms with Crippen molar-refractivity contribution in [2.24, 2.45) is 23.7 Å². The number of ether oxygens (including phenoxy) is 2. The van der Waals surface area contributed by atoms with Crippen molar-refractivity contribution in [2.75, 3.05) is 13.1 Å². The number of hydrogen-bond acceptors (Lipinski definition) is 8. The third-order valence-corrected chi connectivity index (χ3v) is 10.5. The van der Waals surface area contributed by atoms with Crippen molar-refractivity contribution in [3.8, 4) is 0 Å². The van der Waals surface area contributed by atoms with Crippen molar-refractivity contribution < 1.29 is 39.2 Å². The van der Waals surface area contributed by atoms with Crippen LogP contribution in [-0.2, 0) is 23.9 Å². The van der Waals surface area contributed by atoms with Gasteiger partial charge in [0, 0.05) is 25.9 Å². The van der Waals surface area contributed by atoms with Crippen molar-refractivity contribution in [2.45, 2.75) is 162 Å². The molecule has 0 aromatic carbocycles. The van der Waals surface area contributed by atoms with Gasteiger partial charge in [-0.25, -0.2) is 0 Å². The summed E-state index contributed by atoms with van der Waals surface area (Å²) in [6, 6.07) is 0. The molecule has 0 aromatic heterocycles. The number of nitrogens with one attached hydrogen (secondary N) is 2. The van der Waals surface area contributed by atoms with Gasteiger partial charge in [-0.2, -0.15) is 0 Å². The lowest BCUT2D eigenvalue weighted by molar-refractivity contribution is -0.324. The van der Waals surface area contributed by atoms with Gasteiger partial charge in [-0.1, -0.05) is 58.1 Å². The van der Waals surface area contributed by atoms with E-state index in [-0.39, 0.29) is 48.7 Å². The zero-order chi connectivity index (χ0) is 37.3. The molecule has 2 fully saturated rings. The first-order chi connectivity index (χ1) is 23.7. The molecule has 10 atom stereocenters. The van der Waals surface area contributed by atoms with E-state index in [2.05, 4.69) is 30.6 Å². The van der Waals surface area contributed by atoms with Gasteiger partial charge in [0.2, 0.25) is 11.8 Å². The Hall–Kier alpha value is -2.37. The van der Waals surface area contributed by atoms with Gasteiger partial charge in [0.05, 0.1) is 42.9 Å². The minimum absolute atomic E-state index is 0.0444. The van der Waals surface area contributed by atoms with E-state index >= 15 is 0 Å². The maximum atomic E-state index is 12.8. The molecule has 10 heteroatoms. The maximum absolute atomic E-state index is 12.8. The van der Waals surface area contributed by atoms with E-state index in [0.717, 1.165) is 63.4 Å². The number of carbonyl (C=O) groups is 3. The number of aliphatic hydroxyl groups excluding tert-OH is 3. The fourth-order valence-corrected chi connectivity index (χ4v) is 6.71. The molecule has 50 heavy (non-hydrogen) atoms. The highest BCUT2D eigenvalue weighted by Crippen LogP contribution is 2.43. The van der Waals surface area contributed by atoms with Crippen LogP contribution < -0.4 is 10.6 Å². The summed E-state index contributed by atoms with van der Waals surface area (Å²) in [6.45, 7) is 13.6. The summed E-state index contributed by atoms with van der Waals surface area (Å²) in [6.07, 6.45) is 16.4. The SMILES string of the molecule is CC=CC(O)CC=CCC(C)C(O)CC(=O)NCC(O)C(C)C(=O)NCCCC1OC2(CCCC(CCC(C)C=C(C)C(C)=O)O2)CCC1C. The molecule has 0 aromatic rings. The number of hydrogen-bond donors (Lipinski definition) is 5. The number of carbonyl (C=O) groups excluding carboxylic acids is 3. The van der Waals surface area contributed by atoms with Gasteiger partial charge in [0.1, 0.15) is 0 Å². The number of Topliss-reactive ketones (excluding diaryl/α,β-unsaturated/α-hetero) is 1. The minimum Gasteiger partial charge on any atom is -0.392 e. The van der Waals surface area contributed by atoms with Gasteiger partial charge in [0.25, 0.3) is 0 Å². The fourth-order valence-electron chi connectivity index (χ4n) is 6.71. The van der Waals surface area contributed by atoms with E-state index in [1.165, 1.54) is 0 Å². The Morgan fingerprint density at radius 2 is 1.66 bits per heavy atom. The first kappa shape index (κ1) is 43.8. The van der Waals surface area contributed by atoms with Gasteiger partial charge in [-0.3, -0.25) is 14.4 Å². The molecule has 10 nitrogen and oxygen atoms in total. The lowest BCUT2D eigenvalue weighted by Gasteiger charge is -2.48. The Labute approximate surface area is 301 Å². The van der Waals surface area contributed by atoms with Crippen LogP contribution in [0.1, 0.15) is 126 Å². The average Bonchev–Trinajstić information content (AvgIpc) is 3.07. The van der Waals surface area contributed by atoms with E-state index in [1.54, 1.807) is 26.0 Å². The maximum Gasteiger partial charge on any atom is 0.225 e. The number of amides is 2. The minimum atomic E-state index is -1.06. The molecule has 286 valence electrons. The lowest BCUT2D eigenvalue weighted by atomic mass is 9.85. The highest BCUT2D eigenvalue weighted by molar-refractivity contribution is 5.92. The topological polar surface area (TPSA) is 154 Å². The van der Waals surface area contributed by atoms with Gasteiger partial charge < -0.3 is 35.4 Å². The normalized spacial score (nSPS) is 26.8. The average molecular weight is 705 g/mol. The van der Waals surface area contributed by atoms with Crippen LogP contribution in [0, 0.1) is 23.7 Å². The summed E-state index contributed by atoms with van der Waals surface area (Å²) >= 11 is 0. The molecule has 10 unspecified atom stereocenters. The van der Waals surface area contributed by atoms with E-state index in [0.29, 0.717) is 31.2 Å². The van der Waals surface area contributed by atoms with Crippen molar-refractivity contribution in [1.82, 2.24) is 10.6 Å². The predicted octanol–water partition coefficient (Wildman–Crippen LogP) is 5.69. The molecule has 0 radical (unpaired) electrons. The molecule has 5 N–H and O–H groups in total. The molecule has 0 aliphatic carbocycles. The summed E-state index contributed by atoms with van der Waals surface area (Å²) in [5, 5.41) is 36.3. The van der Waals surface area contributed by atoms with E-state index in [4.69, 9.17) is 9.47 Å². The molecule has 2 aliphatic rings. The van der Waals surface area contributed by atoms with Gasteiger partial charge >= 0.3 is 0 Å². The second-order valence-electron chi connectivity index (χ2n) is 15.1. The largest absolute Gasteiger partial charge is 0.392 e. The van der Waals surface area contributed by atoms with Crippen molar-refractivity contribution in [3.05, 3.63) is 36.0 Å². The Balaban J connectivity index is 1.70. The van der Waals surface area contributed by atoms with Crippen molar-refractivity contribution >= 4 is 17.6 Å². The van der Waals surface area contributed by atoms with Gasteiger partial charge in [-0.15, -0.1) is 0 Å². The summed E-state index contributed by atoms with van der Waals surface area (Å²) in [7, 11) is 0. The molecule has 2 saturated heterocycles. The zero-order valence-corrected chi connectivity index (χ0v) is 31.9. The van der Waals surface area contributed by atoms with Crippen LogP contribution in [0.25, 0.3) is 0 Å². The molecule has 1 spiro atoms. The Morgan fingerprint density at radius 3 is 2.36 bits per heavy atom. The number of ketones is 1. The first-order valence-electron chi connectivity index (χ1n) is 19.1. The van der Waals surface area contributed by atoms with Crippen LogP contribution in [-0.4, -0.2) is 82.3 Å². The van der Waals surface area contributed by atoms with Gasteiger partial charge in [-0.05, 0) is 102 Å². The number of allylic oxidation sites excluding steroid dienone is 4. The summed E-state index contributed by atoms with van der Waals surface area (Å²) in [5.74, 6) is -1.24. The van der Waals surface area contributed by atoms with E-state index in [9.17, 15) is 29.7 Å². The molecule has 0 bridgehead atoms. The van der Waals surface area contributed by atoms with Crippen LogP contribution in [0.2, 0.25) is 0 Å². The molecule has 2 amide bonds. The highest BCUT2D eigenvalue weighted by Gasteiger charge is 2.44. The highest BCUT2D eigenvalue weighted by atomic mass is 16.7. The molecular weight excluding hydrogens is 636 g/mol. The quantitative estimate of drug-likeness (QED) is 0.0581. The first-order valence-corrected chi connectivity index (χ1v) is 19.1. The lowest BCUT2D eigenvalue weighted by Crippen LogP contribution is -2.50. The van der Waals surface area contributed by atoms with E-state index < -0.39 is 30.0 Å². The fraction of sp³-hybridized carbons (Fsp3) is 0.775. The van der Waals surface area contributed by atoms with Crippen molar-refractivity contribution in [1.29, 1.82) is 0 Å². The molecule has 0 saturated carbocycles. The summed E-state index contributed by atoms with van der Waals surface area (Å²) < 4.78 is 13.3. The third-order valence-electron chi connectivity index (χ3n) is 10.5. The second-order valence-corrected chi connectivity index (χ2v) is 15.1. The Kier molecular flexibility index (Phi) is 19.7. The standard InChI is InChI=1S/C40H68N2O8/c1-8-13-33(44)15-10-9-14-28(3)35(45)25-38(47)42-26-36(46)31(6)39(48)41-23-12-17-37-29(4)20-22-40(50-37)21-11-16-34(49-40)19-18-27(2)24-30(5)32(7)43/h8-10,13,24,27-29,31,33-37,44-46H,11-12,14-23,25-26H2,1-7H3,(H,41,48)(H,42,47). The summed E-state index contributed by atoms with van der Waals surface area (Å²) in [4.78, 5) is 36.8. The Bertz CT molecular complexity index is 1140. The molecular formula is C40H68N2O8. The third kappa shape index (κ3) is 15.9. The summed E-state index contributed by atoms with van der Waals surface area (Å²) in [5.41, 5.74) is 0.814. The monoisotopic (exact) mass is 704 g/mol. The molecule has 2 heterocycles.